The predicted molar refractivity (Wildman–Crippen MR) is 74.6 cm³/mol. The molecule has 0 saturated heterocycles. The van der Waals surface area contributed by atoms with Crippen LogP contribution < -0.4 is 5.43 Å². The number of carbonyl (C=O) groups is 1. The van der Waals surface area contributed by atoms with Gasteiger partial charge in [0.15, 0.2) is 11.5 Å². The Kier molecular flexibility index (Phi) is 3.32. The third-order valence-corrected chi connectivity index (χ3v) is 3.25. The molecule has 0 aliphatic heterocycles. The molecule has 0 N–H and O–H groups in total. The van der Waals surface area contributed by atoms with Gasteiger partial charge in [-0.3, -0.25) is 9.59 Å². The molecule has 118 valence electrons. The molecule has 0 unspecified atom stereocenters. The molecule has 23 heavy (non-hydrogen) atoms. The lowest BCUT2D eigenvalue weighted by Gasteiger charge is -2.11. The maximum Gasteiger partial charge on any atom is 0.416 e. The highest BCUT2D eigenvalue weighted by Crippen LogP contribution is 2.30. The SMILES string of the molecule is CC(=O)c1nn(-c2cccc(C(F)(F)F)c2)c2ccoc2c1=O. The van der Waals surface area contributed by atoms with E-state index in [0.29, 0.717) is 0 Å². The Hall–Kier alpha value is -2.90. The van der Waals surface area contributed by atoms with Gasteiger partial charge in [0.05, 0.1) is 17.5 Å². The Morgan fingerprint density at radius 2 is 2.00 bits per heavy atom. The first-order valence-electron chi connectivity index (χ1n) is 6.48. The average Bonchev–Trinajstić information content (AvgIpc) is 2.96. The summed E-state index contributed by atoms with van der Waals surface area (Å²) in [7, 11) is 0. The molecular weight excluding hydrogens is 313 g/mol. The number of fused-ring (bicyclic) bond motifs is 1. The van der Waals surface area contributed by atoms with Crippen molar-refractivity contribution in [2.24, 2.45) is 0 Å². The number of halogens is 3. The lowest BCUT2D eigenvalue weighted by molar-refractivity contribution is -0.137. The van der Waals surface area contributed by atoms with Crippen molar-refractivity contribution < 1.29 is 22.4 Å². The van der Waals surface area contributed by atoms with E-state index >= 15 is 0 Å². The second-order valence-corrected chi connectivity index (χ2v) is 4.83. The number of hydrogen-bond acceptors (Lipinski definition) is 4. The van der Waals surface area contributed by atoms with Crippen LogP contribution in [0.5, 0.6) is 0 Å². The van der Waals surface area contributed by atoms with Gasteiger partial charge in [-0.15, -0.1) is 0 Å². The lowest BCUT2D eigenvalue weighted by atomic mass is 10.2. The van der Waals surface area contributed by atoms with E-state index in [9.17, 15) is 22.8 Å². The van der Waals surface area contributed by atoms with Crippen LogP contribution in [-0.4, -0.2) is 15.6 Å². The zero-order valence-corrected chi connectivity index (χ0v) is 11.7. The van der Waals surface area contributed by atoms with Crippen molar-refractivity contribution in [1.82, 2.24) is 9.78 Å². The van der Waals surface area contributed by atoms with Crippen molar-refractivity contribution in [1.29, 1.82) is 0 Å². The van der Waals surface area contributed by atoms with Gasteiger partial charge < -0.3 is 4.42 Å². The highest BCUT2D eigenvalue weighted by molar-refractivity contribution is 5.94. The van der Waals surface area contributed by atoms with E-state index in [0.717, 1.165) is 23.7 Å². The van der Waals surface area contributed by atoms with E-state index in [-0.39, 0.29) is 16.8 Å². The summed E-state index contributed by atoms with van der Waals surface area (Å²) >= 11 is 0. The molecule has 2 aromatic heterocycles. The van der Waals surface area contributed by atoms with Crippen molar-refractivity contribution in [3.05, 3.63) is 58.1 Å². The van der Waals surface area contributed by atoms with Crippen LogP contribution in [0.1, 0.15) is 23.0 Å². The summed E-state index contributed by atoms with van der Waals surface area (Å²) in [5.74, 6) is -0.603. The first-order valence-corrected chi connectivity index (χ1v) is 6.48. The van der Waals surface area contributed by atoms with Crippen molar-refractivity contribution >= 4 is 16.9 Å². The lowest BCUT2D eigenvalue weighted by Crippen LogP contribution is -2.20. The third-order valence-electron chi connectivity index (χ3n) is 3.25. The minimum Gasteiger partial charge on any atom is -0.458 e. The maximum atomic E-state index is 12.9. The average molecular weight is 322 g/mol. The number of aromatic nitrogens is 2. The van der Waals surface area contributed by atoms with Gasteiger partial charge in [0.1, 0.15) is 5.52 Å². The van der Waals surface area contributed by atoms with Crippen LogP contribution in [0.15, 0.2) is 45.8 Å². The summed E-state index contributed by atoms with van der Waals surface area (Å²) in [5, 5.41) is 3.89. The van der Waals surface area contributed by atoms with Crippen LogP contribution in [0.25, 0.3) is 16.8 Å². The van der Waals surface area contributed by atoms with Crippen LogP contribution in [-0.2, 0) is 6.18 Å². The molecule has 0 saturated carbocycles. The molecule has 3 aromatic rings. The minimum absolute atomic E-state index is 0.0636. The van der Waals surface area contributed by atoms with Crippen molar-refractivity contribution in [3.63, 3.8) is 0 Å². The fourth-order valence-electron chi connectivity index (χ4n) is 2.19. The molecule has 1 aromatic carbocycles. The molecular formula is C15H9F3N2O3. The summed E-state index contributed by atoms with van der Waals surface area (Å²) < 4.78 is 44.7. The van der Waals surface area contributed by atoms with Gasteiger partial charge in [-0.25, -0.2) is 4.68 Å². The predicted octanol–water partition coefficient (Wildman–Crippen LogP) is 3.20. The summed E-state index contributed by atoms with van der Waals surface area (Å²) in [6.07, 6.45) is -3.31. The van der Waals surface area contributed by atoms with Crippen LogP contribution in [0.4, 0.5) is 13.2 Å². The summed E-state index contributed by atoms with van der Waals surface area (Å²) in [6, 6.07) is 5.81. The number of nitrogens with zero attached hydrogens (tertiary/aromatic N) is 2. The van der Waals surface area contributed by atoms with Crippen molar-refractivity contribution in [2.45, 2.75) is 13.1 Å². The smallest absolute Gasteiger partial charge is 0.416 e. The normalized spacial score (nSPS) is 11.8. The van der Waals surface area contributed by atoms with E-state index in [4.69, 9.17) is 4.42 Å². The van der Waals surface area contributed by atoms with Gasteiger partial charge in [-0.1, -0.05) is 6.07 Å². The molecule has 0 aliphatic rings. The molecule has 0 spiro atoms. The Morgan fingerprint density at radius 1 is 1.26 bits per heavy atom. The van der Waals surface area contributed by atoms with E-state index in [2.05, 4.69) is 5.10 Å². The largest absolute Gasteiger partial charge is 0.458 e. The Morgan fingerprint density at radius 3 is 2.65 bits per heavy atom. The molecule has 2 heterocycles. The number of carbonyl (C=O) groups excluding carboxylic acids is 1. The number of ketones is 1. The highest BCUT2D eigenvalue weighted by atomic mass is 19.4. The van der Waals surface area contributed by atoms with Crippen LogP contribution >= 0.6 is 0 Å². The molecule has 8 heteroatoms. The molecule has 0 radical (unpaired) electrons. The fraction of sp³-hybridized carbons (Fsp3) is 0.133. The van der Waals surface area contributed by atoms with Crippen LogP contribution in [0.2, 0.25) is 0 Å². The zero-order valence-electron chi connectivity index (χ0n) is 11.7. The van der Waals surface area contributed by atoms with Gasteiger partial charge in [0.2, 0.25) is 5.58 Å². The number of benzene rings is 1. The van der Waals surface area contributed by atoms with Gasteiger partial charge >= 0.3 is 6.18 Å². The fourth-order valence-corrected chi connectivity index (χ4v) is 2.19. The van der Waals surface area contributed by atoms with Crippen LogP contribution in [0.3, 0.4) is 0 Å². The Labute approximate surface area is 126 Å². The van der Waals surface area contributed by atoms with Gasteiger partial charge in [0.25, 0.3) is 5.43 Å². The van der Waals surface area contributed by atoms with E-state index in [1.54, 1.807) is 0 Å². The first-order chi connectivity index (χ1) is 10.8. The van der Waals surface area contributed by atoms with E-state index < -0.39 is 28.6 Å². The highest BCUT2D eigenvalue weighted by Gasteiger charge is 2.30. The molecule has 0 atom stereocenters. The van der Waals surface area contributed by atoms with Crippen LogP contribution in [0, 0.1) is 0 Å². The second kappa shape index (κ2) is 5.08. The zero-order chi connectivity index (χ0) is 16.8. The molecule has 5 nitrogen and oxygen atoms in total. The monoisotopic (exact) mass is 322 g/mol. The summed E-state index contributed by atoms with van der Waals surface area (Å²) in [6.45, 7) is 1.15. The maximum absolute atomic E-state index is 12.9. The number of hydrogen-bond donors (Lipinski definition) is 0. The Bertz CT molecular complexity index is 970. The Balaban J connectivity index is 2.33. The molecule has 0 amide bonds. The minimum atomic E-state index is -4.52. The topological polar surface area (TPSA) is 65.1 Å². The second-order valence-electron chi connectivity index (χ2n) is 4.83. The van der Waals surface area contributed by atoms with E-state index in [1.807, 2.05) is 0 Å². The van der Waals surface area contributed by atoms with Crippen molar-refractivity contribution in [3.8, 4) is 5.69 Å². The van der Waals surface area contributed by atoms with E-state index in [1.165, 1.54) is 24.5 Å². The molecule has 0 bridgehead atoms. The number of furan rings is 1. The number of alkyl halides is 3. The summed E-state index contributed by atoms with van der Waals surface area (Å²) in [4.78, 5) is 23.6. The quantitative estimate of drug-likeness (QED) is 0.680. The number of rotatable bonds is 2. The summed E-state index contributed by atoms with van der Waals surface area (Å²) in [5.41, 5.74) is -1.85. The molecule has 3 rings (SSSR count). The number of Topliss-reactive ketones (excluding diaryl/α,β-unsaturated/α-hetero) is 1. The standard InChI is InChI=1S/C15H9F3N2O3/c1-8(21)12-13(22)14-11(5-6-23-14)20(19-12)10-4-2-3-9(7-10)15(16,17)18/h2-7H,1H3. The van der Waals surface area contributed by atoms with Crippen molar-refractivity contribution in [2.75, 3.05) is 0 Å². The van der Waals surface area contributed by atoms with Gasteiger partial charge in [-0.2, -0.15) is 18.3 Å². The molecule has 0 aliphatic carbocycles. The third kappa shape index (κ3) is 2.52. The molecule has 0 fully saturated rings. The van der Waals surface area contributed by atoms with Gasteiger partial charge in [-0.05, 0) is 18.2 Å². The first kappa shape index (κ1) is 15.0. The van der Waals surface area contributed by atoms with Gasteiger partial charge in [0, 0.05) is 13.0 Å².